The Kier molecular flexibility index (Phi) is 8.68. The number of nitrogens with zero attached hydrogens (tertiary/aromatic N) is 1. The molecule has 182 valence electrons. The maximum atomic E-state index is 14.9. The highest BCUT2D eigenvalue weighted by molar-refractivity contribution is 6.32. The molecule has 0 saturated carbocycles. The first-order chi connectivity index (χ1) is 16.8. The number of ether oxygens (including phenoxy) is 1. The minimum Gasteiger partial charge on any atom is -0.494 e. The minimum atomic E-state index is -0.770. The molecule has 3 aromatic rings. The molecule has 3 aromatic carbocycles. The van der Waals surface area contributed by atoms with Crippen LogP contribution in [-0.2, 0) is 0 Å². The Morgan fingerprint density at radius 1 is 0.943 bits per heavy atom. The smallest absolute Gasteiger partial charge is 0.258 e. The van der Waals surface area contributed by atoms with E-state index in [2.05, 4.69) is 20.9 Å². The number of anilines is 2. The molecule has 0 saturated heterocycles. The van der Waals surface area contributed by atoms with Crippen molar-refractivity contribution in [3.05, 3.63) is 87.2 Å². The molecule has 0 aliphatic carbocycles. The Balaban J connectivity index is 1.93. The molecule has 0 heterocycles. The highest BCUT2D eigenvalue weighted by Crippen LogP contribution is 2.34. The van der Waals surface area contributed by atoms with Crippen LogP contribution in [0.4, 0.5) is 15.8 Å². The predicted molar refractivity (Wildman–Crippen MR) is 138 cm³/mol. The lowest BCUT2D eigenvalue weighted by molar-refractivity contribution is 0.102. The summed E-state index contributed by atoms with van der Waals surface area (Å²) in [4.78, 5) is 30.1. The number of hydrogen-bond donors (Lipinski definition) is 3. The second-order valence-corrected chi connectivity index (χ2v) is 8.12. The molecule has 0 atom stereocenters. The summed E-state index contributed by atoms with van der Waals surface area (Å²) in [5.74, 6) is -1.45. The van der Waals surface area contributed by atoms with Gasteiger partial charge in [0.15, 0.2) is 0 Å². The van der Waals surface area contributed by atoms with Gasteiger partial charge in [-0.2, -0.15) is 0 Å². The number of rotatable bonds is 7. The average molecular weight is 517 g/mol. The van der Waals surface area contributed by atoms with E-state index in [1.165, 1.54) is 31.4 Å². The van der Waals surface area contributed by atoms with Gasteiger partial charge < -0.3 is 20.7 Å². The van der Waals surface area contributed by atoms with Gasteiger partial charge in [-0.25, -0.2) is 4.39 Å². The van der Waals surface area contributed by atoms with E-state index in [1.807, 2.05) is 6.92 Å². The summed E-state index contributed by atoms with van der Waals surface area (Å²) in [5, 5.41) is 9.05. The van der Waals surface area contributed by atoms with Gasteiger partial charge in [-0.1, -0.05) is 29.3 Å². The zero-order valence-corrected chi connectivity index (χ0v) is 20.7. The topological polar surface area (TPSA) is 91.8 Å². The fraction of sp³-hybridized carbons (Fsp3) is 0.160. The summed E-state index contributed by atoms with van der Waals surface area (Å²) >= 11 is 12.1. The average Bonchev–Trinajstić information content (AvgIpc) is 2.84. The van der Waals surface area contributed by atoms with Gasteiger partial charge in [0.2, 0.25) is 0 Å². The van der Waals surface area contributed by atoms with Crippen molar-refractivity contribution in [3.8, 4) is 5.75 Å². The van der Waals surface area contributed by atoms with Crippen molar-refractivity contribution in [2.45, 2.75) is 6.92 Å². The Morgan fingerprint density at radius 3 is 2.23 bits per heavy atom. The summed E-state index contributed by atoms with van der Waals surface area (Å²) in [6.07, 6.45) is 0. The Hall–Kier alpha value is -3.62. The van der Waals surface area contributed by atoms with Crippen LogP contribution in [0.1, 0.15) is 33.2 Å². The minimum absolute atomic E-state index is 0.0298. The second kappa shape index (κ2) is 11.7. The van der Waals surface area contributed by atoms with Crippen LogP contribution in [0.2, 0.25) is 10.0 Å². The van der Waals surface area contributed by atoms with E-state index in [1.54, 1.807) is 37.4 Å². The van der Waals surface area contributed by atoms with Crippen LogP contribution in [0.3, 0.4) is 0 Å². The molecule has 0 bridgehead atoms. The molecule has 0 spiro atoms. The number of aliphatic imine (C=N–C) groups is 1. The third-order valence-electron chi connectivity index (χ3n) is 4.93. The number of hydrogen-bond acceptors (Lipinski definition) is 4. The van der Waals surface area contributed by atoms with Crippen LogP contribution >= 0.6 is 23.2 Å². The lowest BCUT2D eigenvalue weighted by Crippen LogP contribution is -2.24. The normalized spacial score (nSPS) is 11.1. The number of benzene rings is 3. The third-order valence-corrected chi connectivity index (χ3v) is 5.40. The van der Waals surface area contributed by atoms with Crippen molar-refractivity contribution in [3.63, 3.8) is 0 Å². The van der Waals surface area contributed by atoms with Crippen LogP contribution in [0.25, 0.3) is 0 Å². The number of amidine groups is 1. The number of carbonyl (C=O) groups excluding carboxylic acids is 2. The molecular weight excluding hydrogens is 494 g/mol. The first-order valence-corrected chi connectivity index (χ1v) is 11.3. The molecule has 0 aliphatic heterocycles. The number of nitrogens with one attached hydrogen (secondary N) is 3. The van der Waals surface area contributed by atoms with Crippen molar-refractivity contribution in [2.75, 3.05) is 31.3 Å². The van der Waals surface area contributed by atoms with Crippen LogP contribution in [0.5, 0.6) is 5.75 Å². The zero-order valence-electron chi connectivity index (χ0n) is 19.2. The van der Waals surface area contributed by atoms with Gasteiger partial charge in [0.25, 0.3) is 11.8 Å². The quantitative estimate of drug-likeness (QED) is 0.280. The van der Waals surface area contributed by atoms with E-state index in [4.69, 9.17) is 27.9 Å². The van der Waals surface area contributed by atoms with Gasteiger partial charge in [-0.05, 0) is 49.4 Å². The van der Waals surface area contributed by atoms with Gasteiger partial charge in [-0.15, -0.1) is 0 Å². The predicted octanol–water partition coefficient (Wildman–Crippen LogP) is 5.63. The summed E-state index contributed by atoms with van der Waals surface area (Å²) in [6.45, 7) is 2.50. The van der Waals surface area contributed by atoms with Gasteiger partial charge in [0.05, 0.1) is 23.9 Å². The molecule has 7 nitrogen and oxygen atoms in total. The van der Waals surface area contributed by atoms with Crippen LogP contribution < -0.4 is 20.7 Å². The van der Waals surface area contributed by atoms with Gasteiger partial charge in [0.1, 0.15) is 17.4 Å². The maximum Gasteiger partial charge on any atom is 0.258 e. The molecule has 35 heavy (non-hydrogen) atoms. The molecule has 2 amide bonds. The first-order valence-electron chi connectivity index (χ1n) is 10.5. The van der Waals surface area contributed by atoms with Crippen LogP contribution in [0, 0.1) is 5.82 Å². The van der Waals surface area contributed by atoms with Crippen molar-refractivity contribution in [2.24, 2.45) is 4.99 Å². The Labute approximate surface area is 212 Å². The molecule has 0 aliphatic rings. The van der Waals surface area contributed by atoms with Crippen molar-refractivity contribution < 1.29 is 18.7 Å². The monoisotopic (exact) mass is 516 g/mol. The number of amides is 2. The number of halogens is 3. The maximum absolute atomic E-state index is 14.9. The summed E-state index contributed by atoms with van der Waals surface area (Å²) < 4.78 is 20.2. The Bertz CT molecular complexity index is 1280. The summed E-state index contributed by atoms with van der Waals surface area (Å²) in [5.41, 5.74) is 0.825. The van der Waals surface area contributed by atoms with E-state index < -0.39 is 17.6 Å². The van der Waals surface area contributed by atoms with E-state index in [0.717, 1.165) is 0 Å². The molecule has 0 radical (unpaired) electrons. The van der Waals surface area contributed by atoms with Crippen LogP contribution in [-0.4, -0.2) is 38.4 Å². The van der Waals surface area contributed by atoms with Crippen molar-refractivity contribution in [1.29, 1.82) is 0 Å². The molecule has 0 aromatic heterocycles. The van der Waals surface area contributed by atoms with E-state index in [0.29, 0.717) is 28.7 Å². The van der Waals surface area contributed by atoms with Crippen molar-refractivity contribution in [1.82, 2.24) is 5.32 Å². The molecule has 3 rings (SSSR count). The second-order valence-electron chi connectivity index (χ2n) is 7.24. The van der Waals surface area contributed by atoms with Gasteiger partial charge in [-0.3, -0.25) is 14.6 Å². The third kappa shape index (κ3) is 6.29. The fourth-order valence-corrected chi connectivity index (χ4v) is 3.62. The highest BCUT2D eigenvalue weighted by atomic mass is 35.5. The SMILES string of the molecule is CCNC(=NC)c1ccc(C(=O)Nc2c(OC)cc(Cl)cc2C(=O)Nc2ccc(Cl)cc2)c(F)c1. The van der Waals surface area contributed by atoms with E-state index in [9.17, 15) is 14.0 Å². The highest BCUT2D eigenvalue weighted by Gasteiger charge is 2.22. The standard InChI is InChI=1S/C25H23Cl2FN4O3/c1-4-30-23(29-2)14-5-10-18(20(28)11-14)24(33)32-22-19(12-16(27)13-21(22)35-3)25(34)31-17-8-6-15(26)7-9-17/h5-13H,4H2,1-3H3,(H,29,30)(H,31,34)(H,32,33). The molecule has 0 fully saturated rings. The zero-order chi connectivity index (χ0) is 25.5. The fourth-order valence-electron chi connectivity index (χ4n) is 3.29. The molecule has 0 unspecified atom stereocenters. The lowest BCUT2D eigenvalue weighted by Gasteiger charge is -2.16. The number of carbonyl (C=O) groups is 2. The summed E-state index contributed by atoms with van der Waals surface area (Å²) in [7, 11) is 2.95. The first kappa shape index (κ1) is 26.0. The molecule has 10 heteroatoms. The number of methoxy groups -OCH3 is 1. The molecular formula is C25H23Cl2FN4O3. The van der Waals surface area contributed by atoms with Crippen molar-refractivity contribution >= 4 is 52.2 Å². The van der Waals surface area contributed by atoms with E-state index in [-0.39, 0.29) is 27.6 Å². The molecule has 3 N–H and O–H groups in total. The lowest BCUT2D eigenvalue weighted by atomic mass is 10.1. The van der Waals surface area contributed by atoms with E-state index >= 15 is 0 Å². The van der Waals surface area contributed by atoms with Gasteiger partial charge in [0, 0.05) is 41.0 Å². The largest absolute Gasteiger partial charge is 0.494 e. The summed E-state index contributed by atoms with van der Waals surface area (Å²) in [6, 6.07) is 13.4. The van der Waals surface area contributed by atoms with Crippen LogP contribution in [0.15, 0.2) is 59.6 Å². The Morgan fingerprint density at radius 2 is 1.63 bits per heavy atom. The van der Waals surface area contributed by atoms with Gasteiger partial charge >= 0.3 is 0 Å².